The Morgan fingerprint density at radius 3 is 2.67 bits per heavy atom. The van der Waals surface area contributed by atoms with Crippen LogP contribution in [0.25, 0.3) is 0 Å². The van der Waals surface area contributed by atoms with E-state index in [-0.39, 0.29) is 0 Å². The molecule has 1 unspecified atom stereocenters. The predicted molar refractivity (Wildman–Crippen MR) is 64.8 cm³/mol. The Morgan fingerprint density at radius 1 is 1.47 bits per heavy atom. The van der Waals surface area contributed by atoms with E-state index in [1.165, 1.54) is 0 Å². The first-order chi connectivity index (χ1) is 7.11. The molecule has 84 valence electrons. The van der Waals surface area contributed by atoms with Gasteiger partial charge in [-0.2, -0.15) is 0 Å². The number of nitrogens with two attached hydrogens (primary N) is 1. The largest absolute Gasteiger partial charge is 0.496 e. The molecule has 0 aliphatic rings. The van der Waals surface area contributed by atoms with E-state index in [0.29, 0.717) is 12.5 Å². The molecule has 0 saturated heterocycles. The van der Waals surface area contributed by atoms with Crippen LogP contribution in [-0.2, 0) is 0 Å². The quantitative estimate of drug-likeness (QED) is 0.858. The van der Waals surface area contributed by atoms with Gasteiger partial charge in [-0.1, -0.05) is 24.6 Å². The average molecular weight is 228 g/mol. The van der Waals surface area contributed by atoms with Gasteiger partial charge < -0.3 is 10.5 Å². The SMILES string of the molecule is COc1ccc(C)c(Cl)c1C(C)CCN. The van der Waals surface area contributed by atoms with Gasteiger partial charge in [-0.15, -0.1) is 0 Å². The summed E-state index contributed by atoms with van der Waals surface area (Å²) in [5, 5.41) is 0.801. The molecule has 3 heteroatoms. The van der Waals surface area contributed by atoms with E-state index in [1.54, 1.807) is 7.11 Å². The first-order valence-electron chi connectivity index (χ1n) is 5.14. The van der Waals surface area contributed by atoms with Crippen molar-refractivity contribution in [1.29, 1.82) is 0 Å². The lowest BCUT2D eigenvalue weighted by molar-refractivity contribution is 0.405. The average Bonchev–Trinajstić information content (AvgIpc) is 2.22. The van der Waals surface area contributed by atoms with Crippen molar-refractivity contribution in [3.8, 4) is 5.75 Å². The molecule has 1 rings (SSSR count). The van der Waals surface area contributed by atoms with E-state index in [4.69, 9.17) is 22.1 Å². The highest BCUT2D eigenvalue weighted by Gasteiger charge is 2.16. The van der Waals surface area contributed by atoms with Crippen LogP contribution in [0.15, 0.2) is 12.1 Å². The zero-order chi connectivity index (χ0) is 11.4. The summed E-state index contributed by atoms with van der Waals surface area (Å²) in [5.74, 6) is 1.18. The molecule has 0 spiro atoms. The Hall–Kier alpha value is -0.730. The molecule has 0 amide bonds. The van der Waals surface area contributed by atoms with Crippen LogP contribution in [0.2, 0.25) is 5.02 Å². The van der Waals surface area contributed by atoms with Crippen molar-refractivity contribution in [2.75, 3.05) is 13.7 Å². The lowest BCUT2D eigenvalue weighted by Gasteiger charge is -2.17. The molecule has 0 saturated carbocycles. The topological polar surface area (TPSA) is 35.2 Å². The minimum Gasteiger partial charge on any atom is -0.496 e. The zero-order valence-corrected chi connectivity index (χ0v) is 10.3. The maximum atomic E-state index is 6.29. The third-order valence-corrected chi connectivity index (χ3v) is 3.15. The minimum absolute atomic E-state index is 0.331. The Kier molecular flexibility index (Phi) is 4.43. The number of methoxy groups -OCH3 is 1. The van der Waals surface area contributed by atoms with Gasteiger partial charge in [-0.05, 0) is 37.4 Å². The molecule has 0 fully saturated rings. The number of aryl methyl sites for hydroxylation is 1. The van der Waals surface area contributed by atoms with Crippen LogP contribution in [-0.4, -0.2) is 13.7 Å². The second-order valence-electron chi connectivity index (χ2n) is 3.79. The fourth-order valence-electron chi connectivity index (χ4n) is 1.72. The van der Waals surface area contributed by atoms with Crippen molar-refractivity contribution in [3.05, 3.63) is 28.3 Å². The van der Waals surface area contributed by atoms with Crippen molar-refractivity contribution in [3.63, 3.8) is 0 Å². The summed E-state index contributed by atoms with van der Waals surface area (Å²) in [6.45, 7) is 4.78. The Bertz CT molecular complexity index is 339. The third-order valence-electron chi connectivity index (χ3n) is 2.65. The highest BCUT2D eigenvalue weighted by Crippen LogP contribution is 2.36. The second kappa shape index (κ2) is 5.38. The highest BCUT2D eigenvalue weighted by atomic mass is 35.5. The molecule has 2 nitrogen and oxygen atoms in total. The normalized spacial score (nSPS) is 12.6. The predicted octanol–water partition coefficient (Wildman–Crippen LogP) is 3.11. The molecule has 1 aromatic rings. The molecule has 1 atom stereocenters. The molecule has 0 aromatic heterocycles. The number of ether oxygens (including phenoxy) is 1. The Labute approximate surface area is 96.4 Å². The van der Waals surface area contributed by atoms with E-state index >= 15 is 0 Å². The van der Waals surface area contributed by atoms with Crippen molar-refractivity contribution >= 4 is 11.6 Å². The van der Waals surface area contributed by atoms with Gasteiger partial charge in [-0.25, -0.2) is 0 Å². The lowest BCUT2D eigenvalue weighted by atomic mass is 9.95. The van der Waals surface area contributed by atoms with Gasteiger partial charge in [-0.3, -0.25) is 0 Å². The van der Waals surface area contributed by atoms with Crippen LogP contribution in [0.5, 0.6) is 5.75 Å². The van der Waals surface area contributed by atoms with Crippen molar-refractivity contribution < 1.29 is 4.74 Å². The van der Waals surface area contributed by atoms with Crippen LogP contribution in [0.3, 0.4) is 0 Å². The van der Waals surface area contributed by atoms with Gasteiger partial charge in [0.25, 0.3) is 0 Å². The van der Waals surface area contributed by atoms with E-state index in [1.807, 2.05) is 19.1 Å². The number of halogens is 1. The monoisotopic (exact) mass is 227 g/mol. The summed E-state index contributed by atoms with van der Waals surface area (Å²) >= 11 is 6.29. The number of rotatable bonds is 4. The minimum atomic E-state index is 0.331. The molecule has 0 aliphatic heterocycles. The standard InChI is InChI=1S/C12H18ClNO/c1-8(6-7-14)11-10(15-3)5-4-9(2)12(11)13/h4-5,8H,6-7,14H2,1-3H3. The molecule has 0 heterocycles. The molecule has 1 aromatic carbocycles. The maximum absolute atomic E-state index is 6.29. The van der Waals surface area contributed by atoms with Crippen LogP contribution in [0.4, 0.5) is 0 Å². The van der Waals surface area contributed by atoms with E-state index in [2.05, 4.69) is 6.92 Å². The first kappa shape index (κ1) is 12.3. The molecular weight excluding hydrogens is 210 g/mol. The van der Waals surface area contributed by atoms with Crippen LogP contribution < -0.4 is 10.5 Å². The molecule has 0 bridgehead atoms. The van der Waals surface area contributed by atoms with E-state index in [9.17, 15) is 0 Å². The van der Waals surface area contributed by atoms with Crippen LogP contribution >= 0.6 is 11.6 Å². The zero-order valence-electron chi connectivity index (χ0n) is 9.51. The van der Waals surface area contributed by atoms with Crippen molar-refractivity contribution in [2.45, 2.75) is 26.2 Å². The summed E-state index contributed by atoms with van der Waals surface area (Å²) < 4.78 is 5.32. The smallest absolute Gasteiger partial charge is 0.123 e. The van der Waals surface area contributed by atoms with Gasteiger partial charge in [0.2, 0.25) is 0 Å². The third kappa shape index (κ3) is 2.64. The highest BCUT2D eigenvalue weighted by molar-refractivity contribution is 6.32. The fraction of sp³-hybridized carbons (Fsp3) is 0.500. The summed E-state index contributed by atoms with van der Waals surface area (Å²) in [6, 6.07) is 3.93. The van der Waals surface area contributed by atoms with Gasteiger partial charge in [0.05, 0.1) is 12.1 Å². The lowest BCUT2D eigenvalue weighted by Crippen LogP contribution is -2.07. The van der Waals surface area contributed by atoms with Crippen LogP contribution in [0.1, 0.15) is 30.4 Å². The van der Waals surface area contributed by atoms with Crippen molar-refractivity contribution in [2.24, 2.45) is 5.73 Å². The van der Waals surface area contributed by atoms with E-state index < -0.39 is 0 Å². The second-order valence-corrected chi connectivity index (χ2v) is 4.17. The van der Waals surface area contributed by atoms with Crippen LogP contribution in [0, 0.1) is 6.92 Å². The number of hydrogen-bond donors (Lipinski definition) is 1. The van der Waals surface area contributed by atoms with E-state index in [0.717, 1.165) is 28.3 Å². The van der Waals surface area contributed by atoms with Crippen molar-refractivity contribution in [1.82, 2.24) is 0 Å². The summed E-state index contributed by atoms with van der Waals surface area (Å²) in [6.07, 6.45) is 0.916. The summed E-state index contributed by atoms with van der Waals surface area (Å²) in [5.41, 5.74) is 7.72. The summed E-state index contributed by atoms with van der Waals surface area (Å²) in [7, 11) is 1.67. The van der Waals surface area contributed by atoms with Gasteiger partial charge in [0.1, 0.15) is 5.75 Å². The molecule has 0 aliphatic carbocycles. The Balaban J connectivity index is 3.17. The molecular formula is C12H18ClNO. The van der Waals surface area contributed by atoms with Gasteiger partial charge in [0, 0.05) is 5.56 Å². The molecule has 15 heavy (non-hydrogen) atoms. The number of benzene rings is 1. The summed E-state index contributed by atoms with van der Waals surface area (Å²) in [4.78, 5) is 0. The first-order valence-corrected chi connectivity index (χ1v) is 5.52. The fourth-order valence-corrected chi connectivity index (χ4v) is 2.06. The number of hydrogen-bond acceptors (Lipinski definition) is 2. The van der Waals surface area contributed by atoms with Gasteiger partial charge in [0.15, 0.2) is 0 Å². The Morgan fingerprint density at radius 2 is 2.13 bits per heavy atom. The molecule has 0 radical (unpaired) electrons. The maximum Gasteiger partial charge on any atom is 0.123 e. The molecule has 2 N–H and O–H groups in total. The van der Waals surface area contributed by atoms with Gasteiger partial charge >= 0.3 is 0 Å².